The number of rotatable bonds is 2. The van der Waals surface area contributed by atoms with Crippen LogP contribution in [0.2, 0.25) is 0 Å². The highest BCUT2D eigenvalue weighted by atomic mass is 16.5. The molecule has 0 aromatic heterocycles. The predicted octanol–water partition coefficient (Wildman–Crippen LogP) is 4.93. The Bertz CT molecular complexity index is 693. The van der Waals surface area contributed by atoms with E-state index in [2.05, 4.69) is 6.92 Å². The quantitative estimate of drug-likeness (QED) is 0.790. The maximum atomic E-state index is 10.6. The fourth-order valence-electron chi connectivity index (χ4n) is 6.92. The number of hydrogen-bond acceptors (Lipinski definition) is 3. The number of phenolic OH excluding ortho intramolecular Hbond substituents is 1. The molecule has 0 unspecified atom stereocenters. The normalized spacial score (nSPS) is 39.3. The standard InChI is InChI=1S/C23H32O3/c1-23-11-10-18-17(19(23)8-9-21(23)25)7-6-14-12-15(24)13-20(22(14)18)26-16-4-2-3-5-16/h12-13,16-19,21,24-25H,2-11H2,1H3/t17-,18+,19+,21-,23+/m1/s1. The van der Waals surface area contributed by atoms with Crippen molar-refractivity contribution in [1.82, 2.24) is 0 Å². The molecule has 3 saturated carbocycles. The lowest BCUT2D eigenvalue weighted by Gasteiger charge is -2.50. The van der Waals surface area contributed by atoms with E-state index in [1.165, 1.54) is 36.8 Å². The zero-order valence-corrected chi connectivity index (χ0v) is 15.9. The summed E-state index contributed by atoms with van der Waals surface area (Å²) in [6.45, 7) is 2.33. The van der Waals surface area contributed by atoms with E-state index in [0.29, 0.717) is 29.6 Å². The van der Waals surface area contributed by atoms with Crippen molar-refractivity contribution >= 4 is 0 Å². The summed E-state index contributed by atoms with van der Waals surface area (Å²) in [5, 5.41) is 20.8. The maximum absolute atomic E-state index is 10.6. The molecular formula is C23H32O3. The van der Waals surface area contributed by atoms with Gasteiger partial charge in [0.1, 0.15) is 11.5 Å². The molecule has 1 aromatic carbocycles. The number of aliphatic hydroxyl groups is 1. The molecule has 0 aliphatic heterocycles. The van der Waals surface area contributed by atoms with Crippen LogP contribution >= 0.6 is 0 Å². The molecule has 3 fully saturated rings. The molecule has 0 radical (unpaired) electrons. The summed E-state index contributed by atoms with van der Waals surface area (Å²) in [5.74, 6) is 3.15. The lowest BCUT2D eigenvalue weighted by Crippen LogP contribution is -2.44. The van der Waals surface area contributed by atoms with Gasteiger partial charge >= 0.3 is 0 Å². The topological polar surface area (TPSA) is 49.7 Å². The van der Waals surface area contributed by atoms with E-state index in [1.807, 2.05) is 12.1 Å². The SMILES string of the molecule is C[C@]12CC[C@@H]3c4c(cc(O)cc4OC4CCCC4)CC[C@H]3[C@@H]1CC[C@H]2O. The minimum absolute atomic E-state index is 0.113. The molecule has 3 heteroatoms. The average Bonchev–Trinajstić information content (AvgIpc) is 3.22. The van der Waals surface area contributed by atoms with Gasteiger partial charge in [0.05, 0.1) is 12.2 Å². The predicted molar refractivity (Wildman–Crippen MR) is 102 cm³/mol. The van der Waals surface area contributed by atoms with Gasteiger partial charge in [-0.1, -0.05) is 6.92 Å². The molecule has 5 atom stereocenters. The van der Waals surface area contributed by atoms with Crippen LogP contribution in [0.25, 0.3) is 0 Å². The van der Waals surface area contributed by atoms with Gasteiger partial charge in [-0.25, -0.2) is 0 Å². The summed E-state index contributed by atoms with van der Waals surface area (Å²) in [5.41, 5.74) is 2.82. The van der Waals surface area contributed by atoms with Crippen molar-refractivity contribution in [3.05, 3.63) is 23.3 Å². The van der Waals surface area contributed by atoms with E-state index >= 15 is 0 Å². The van der Waals surface area contributed by atoms with E-state index in [-0.39, 0.29) is 11.5 Å². The van der Waals surface area contributed by atoms with Crippen molar-refractivity contribution < 1.29 is 14.9 Å². The van der Waals surface area contributed by atoms with E-state index < -0.39 is 0 Å². The third kappa shape index (κ3) is 2.50. The first-order valence-electron chi connectivity index (χ1n) is 10.8. The first kappa shape index (κ1) is 16.9. The van der Waals surface area contributed by atoms with Crippen molar-refractivity contribution in [1.29, 1.82) is 0 Å². The summed E-state index contributed by atoms with van der Waals surface area (Å²) in [6.07, 6.45) is 11.6. The molecule has 26 heavy (non-hydrogen) atoms. The van der Waals surface area contributed by atoms with E-state index in [4.69, 9.17) is 4.74 Å². The third-order valence-electron chi connectivity index (χ3n) is 8.31. The Morgan fingerprint density at radius 1 is 1.04 bits per heavy atom. The summed E-state index contributed by atoms with van der Waals surface area (Å²) in [4.78, 5) is 0. The monoisotopic (exact) mass is 356 g/mol. The molecule has 0 saturated heterocycles. The molecule has 142 valence electrons. The van der Waals surface area contributed by atoms with Gasteiger partial charge in [-0.2, -0.15) is 0 Å². The summed E-state index contributed by atoms with van der Waals surface area (Å²) < 4.78 is 6.45. The number of hydrogen-bond donors (Lipinski definition) is 2. The first-order valence-corrected chi connectivity index (χ1v) is 10.8. The Hall–Kier alpha value is -1.22. The molecule has 1 aromatic rings. The molecule has 4 aliphatic rings. The fraction of sp³-hybridized carbons (Fsp3) is 0.739. The fourth-order valence-corrected chi connectivity index (χ4v) is 6.92. The molecule has 0 amide bonds. The largest absolute Gasteiger partial charge is 0.508 e. The smallest absolute Gasteiger partial charge is 0.127 e. The highest BCUT2D eigenvalue weighted by Gasteiger charge is 2.54. The van der Waals surface area contributed by atoms with Crippen LogP contribution in [0.4, 0.5) is 0 Å². The number of phenols is 1. The Morgan fingerprint density at radius 3 is 2.65 bits per heavy atom. The van der Waals surface area contributed by atoms with Crippen LogP contribution in [0, 0.1) is 17.3 Å². The molecule has 4 aliphatic carbocycles. The number of benzene rings is 1. The van der Waals surface area contributed by atoms with Crippen molar-refractivity contribution in [2.75, 3.05) is 0 Å². The molecular weight excluding hydrogens is 324 g/mol. The Morgan fingerprint density at radius 2 is 1.85 bits per heavy atom. The molecule has 3 nitrogen and oxygen atoms in total. The van der Waals surface area contributed by atoms with Crippen LogP contribution < -0.4 is 4.74 Å². The van der Waals surface area contributed by atoms with E-state index in [1.54, 1.807) is 0 Å². The lowest BCUT2D eigenvalue weighted by atomic mass is 9.55. The van der Waals surface area contributed by atoms with Crippen LogP contribution in [0.1, 0.15) is 81.8 Å². The molecule has 5 rings (SSSR count). The highest BCUT2D eigenvalue weighted by molar-refractivity contribution is 5.50. The van der Waals surface area contributed by atoms with Crippen molar-refractivity contribution in [2.24, 2.45) is 17.3 Å². The second-order valence-electron chi connectivity index (χ2n) is 9.59. The number of aliphatic hydroxyl groups excluding tert-OH is 1. The summed E-state index contributed by atoms with van der Waals surface area (Å²) in [6, 6.07) is 3.85. The Labute approximate surface area is 156 Å². The summed E-state index contributed by atoms with van der Waals surface area (Å²) >= 11 is 0. The highest BCUT2D eigenvalue weighted by Crippen LogP contribution is 2.62. The second-order valence-corrected chi connectivity index (χ2v) is 9.59. The van der Waals surface area contributed by atoms with Gasteiger partial charge in [-0.15, -0.1) is 0 Å². The molecule has 2 N–H and O–H groups in total. The van der Waals surface area contributed by atoms with E-state index in [0.717, 1.165) is 44.3 Å². The minimum Gasteiger partial charge on any atom is -0.508 e. The average molecular weight is 357 g/mol. The van der Waals surface area contributed by atoms with Crippen LogP contribution in [-0.2, 0) is 6.42 Å². The van der Waals surface area contributed by atoms with Crippen LogP contribution in [0.5, 0.6) is 11.5 Å². The molecule has 0 spiro atoms. The second kappa shape index (κ2) is 6.15. The lowest BCUT2D eigenvalue weighted by molar-refractivity contribution is -0.0231. The van der Waals surface area contributed by atoms with Crippen molar-refractivity contribution in [3.63, 3.8) is 0 Å². The van der Waals surface area contributed by atoms with Gasteiger partial charge in [-0.05, 0) is 99.0 Å². The number of aromatic hydroxyl groups is 1. The first-order chi connectivity index (χ1) is 12.6. The maximum Gasteiger partial charge on any atom is 0.127 e. The minimum atomic E-state index is -0.121. The van der Waals surface area contributed by atoms with Crippen LogP contribution in [0.3, 0.4) is 0 Å². The molecule has 0 heterocycles. The van der Waals surface area contributed by atoms with Crippen LogP contribution in [0.15, 0.2) is 12.1 Å². The summed E-state index contributed by atoms with van der Waals surface area (Å²) in [7, 11) is 0. The third-order valence-corrected chi connectivity index (χ3v) is 8.31. The zero-order chi connectivity index (χ0) is 17.9. The van der Waals surface area contributed by atoms with Crippen molar-refractivity contribution in [2.45, 2.75) is 89.3 Å². The number of fused-ring (bicyclic) bond motifs is 5. The van der Waals surface area contributed by atoms with Gasteiger partial charge in [-0.3, -0.25) is 0 Å². The van der Waals surface area contributed by atoms with Gasteiger partial charge in [0, 0.05) is 11.6 Å². The van der Waals surface area contributed by atoms with Crippen LogP contribution in [-0.4, -0.2) is 22.4 Å². The Balaban J connectivity index is 1.51. The van der Waals surface area contributed by atoms with Gasteiger partial charge in [0.25, 0.3) is 0 Å². The number of aryl methyl sites for hydroxylation is 1. The zero-order valence-electron chi connectivity index (χ0n) is 15.9. The van der Waals surface area contributed by atoms with Gasteiger partial charge in [0.2, 0.25) is 0 Å². The number of ether oxygens (including phenoxy) is 1. The van der Waals surface area contributed by atoms with Gasteiger partial charge in [0.15, 0.2) is 0 Å². The van der Waals surface area contributed by atoms with Gasteiger partial charge < -0.3 is 14.9 Å². The Kier molecular flexibility index (Phi) is 4.00. The van der Waals surface area contributed by atoms with Crippen molar-refractivity contribution in [3.8, 4) is 11.5 Å². The van der Waals surface area contributed by atoms with E-state index in [9.17, 15) is 10.2 Å². The molecule has 0 bridgehead atoms.